The second kappa shape index (κ2) is 13.2. The molecule has 44 heavy (non-hydrogen) atoms. The number of carbonyl (C=O) groups excluding carboxylic acids is 2. The molecule has 1 fully saturated rings. The molecule has 1 aliphatic heterocycles. The number of para-hydroxylation sites is 1. The number of carbonyl (C=O) groups is 2. The molecule has 1 unspecified atom stereocenters. The Balaban J connectivity index is 1.16. The SMILES string of the molecule is CCOC1Nc2cccc(C(=O)OCOC(=O)OC3CCCCC3)c2N1Cc1ccc(-n2cc(C)cc2-c2nn[nH]n2)cc1. The van der Waals surface area contributed by atoms with Gasteiger partial charge in [-0.15, -0.1) is 10.2 Å². The first-order valence-electron chi connectivity index (χ1n) is 14.8. The average Bonchev–Trinajstić information content (AvgIpc) is 3.78. The fourth-order valence-corrected chi connectivity index (χ4v) is 5.69. The average molecular weight is 602 g/mol. The number of nitrogens with zero attached hydrogens (tertiary/aromatic N) is 5. The molecule has 1 atom stereocenters. The maximum Gasteiger partial charge on any atom is 0.511 e. The Hall–Kier alpha value is -4.91. The molecule has 6 rings (SSSR count). The Morgan fingerprint density at radius 3 is 2.61 bits per heavy atom. The first kappa shape index (κ1) is 29.2. The van der Waals surface area contributed by atoms with Crippen molar-refractivity contribution in [2.75, 3.05) is 23.6 Å². The van der Waals surface area contributed by atoms with Crippen molar-refractivity contribution in [2.45, 2.75) is 65.0 Å². The van der Waals surface area contributed by atoms with Gasteiger partial charge in [-0.1, -0.05) is 24.6 Å². The van der Waals surface area contributed by atoms with E-state index in [2.05, 4.69) is 25.9 Å². The smallest absolute Gasteiger partial charge is 0.431 e. The summed E-state index contributed by atoms with van der Waals surface area (Å²) in [5.74, 6) is -0.115. The zero-order valence-electron chi connectivity index (χ0n) is 24.7. The van der Waals surface area contributed by atoms with Crippen LogP contribution in [-0.4, -0.2) is 63.2 Å². The summed E-state index contributed by atoms with van der Waals surface area (Å²) in [6, 6.07) is 15.4. The number of H-pyrrole nitrogens is 1. The van der Waals surface area contributed by atoms with E-state index in [1.54, 1.807) is 12.1 Å². The van der Waals surface area contributed by atoms with Crippen LogP contribution in [0.25, 0.3) is 17.2 Å². The van der Waals surface area contributed by atoms with Crippen LogP contribution >= 0.6 is 0 Å². The number of anilines is 2. The molecule has 4 aromatic rings. The van der Waals surface area contributed by atoms with Crippen molar-refractivity contribution < 1.29 is 28.5 Å². The molecule has 2 aromatic carbocycles. The molecular weight excluding hydrogens is 566 g/mol. The second-order valence-corrected chi connectivity index (χ2v) is 10.8. The van der Waals surface area contributed by atoms with E-state index in [0.717, 1.165) is 60.3 Å². The van der Waals surface area contributed by atoms with Crippen LogP contribution in [0.5, 0.6) is 0 Å². The first-order chi connectivity index (χ1) is 21.5. The van der Waals surface area contributed by atoms with Gasteiger partial charge in [-0.05, 0) is 86.2 Å². The number of fused-ring (bicyclic) bond motifs is 1. The summed E-state index contributed by atoms with van der Waals surface area (Å²) < 4.78 is 23.7. The number of hydrogen-bond acceptors (Lipinski definition) is 11. The number of benzene rings is 2. The number of hydrogen-bond donors (Lipinski definition) is 2. The van der Waals surface area contributed by atoms with Crippen LogP contribution in [-0.2, 0) is 25.5 Å². The van der Waals surface area contributed by atoms with Crippen LogP contribution in [0.1, 0.15) is 60.5 Å². The minimum Gasteiger partial charge on any atom is -0.431 e. The number of esters is 1. The summed E-state index contributed by atoms with van der Waals surface area (Å²) in [6.45, 7) is 4.29. The summed E-state index contributed by atoms with van der Waals surface area (Å²) in [7, 11) is 0. The van der Waals surface area contributed by atoms with Gasteiger partial charge in [0, 0.05) is 25.0 Å². The van der Waals surface area contributed by atoms with Crippen LogP contribution < -0.4 is 10.2 Å². The lowest BCUT2D eigenvalue weighted by Gasteiger charge is -2.27. The van der Waals surface area contributed by atoms with Gasteiger partial charge < -0.3 is 33.7 Å². The summed E-state index contributed by atoms with van der Waals surface area (Å²) in [5, 5.41) is 17.8. The third-order valence-electron chi connectivity index (χ3n) is 7.71. The molecule has 0 radical (unpaired) electrons. The highest BCUT2D eigenvalue weighted by molar-refractivity contribution is 6.00. The number of nitrogens with one attached hydrogen (secondary N) is 2. The number of rotatable bonds is 10. The summed E-state index contributed by atoms with van der Waals surface area (Å²) in [5.41, 5.74) is 5.53. The quantitative estimate of drug-likeness (QED) is 0.180. The van der Waals surface area contributed by atoms with Gasteiger partial charge in [0.15, 0.2) is 0 Å². The fraction of sp³-hybridized carbons (Fsp3) is 0.387. The lowest BCUT2D eigenvalue weighted by atomic mass is 9.98. The molecule has 13 heteroatoms. The molecule has 230 valence electrons. The Kier molecular flexibility index (Phi) is 8.73. The van der Waals surface area contributed by atoms with Crippen molar-refractivity contribution in [3.05, 3.63) is 71.4 Å². The number of aromatic amines is 1. The lowest BCUT2D eigenvalue weighted by molar-refractivity contribution is -0.0429. The van der Waals surface area contributed by atoms with E-state index in [9.17, 15) is 9.59 Å². The molecule has 1 aliphatic carbocycles. The molecule has 2 N–H and O–H groups in total. The van der Waals surface area contributed by atoms with E-state index in [1.807, 2.05) is 65.9 Å². The van der Waals surface area contributed by atoms with Crippen molar-refractivity contribution in [1.29, 1.82) is 0 Å². The van der Waals surface area contributed by atoms with Gasteiger partial charge in [0.05, 0.1) is 22.6 Å². The Morgan fingerprint density at radius 2 is 1.86 bits per heavy atom. The van der Waals surface area contributed by atoms with Crippen LogP contribution in [0.3, 0.4) is 0 Å². The van der Waals surface area contributed by atoms with Crippen LogP contribution in [0.2, 0.25) is 0 Å². The predicted molar refractivity (Wildman–Crippen MR) is 160 cm³/mol. The zero-order chi connectivity index (χ0) is 30.5. The molecule has 3 heterocycles. The van der Waals surface area contributed by atoms with E-state index in [0.29, 0.717) is 30.2 Å². The maximum absolute atomic E-state index is 13.2. The lowest BCUT2D eigenvalue weighted by Crippen LogP contribution is -2.38. The molecule has 0 bridgehead atoms. The highest BCUT2D eigenvalue weighted by Crippen LogP contribution is 2.39. The second-order valence-electron chi connectivity index (χ2n) is 10.8. The fourth-order valence-electron chi connectivity index (χ4n) is 5.69. The molecule has 2 aliphatic rings. The molecule has 1 saturated carbocycles. The van der Waals surface area contributed by atoms with Gasteiger partial charge in [0.25, 0.3) is 0 Å². The molecule has 0 spiro atoms. The van der Waals surface area contributed by atoms with Gasteiger partial charge in [-0.3, -0.25) is 0 Å². The van der Waals surface area contributed by atoms with Gasteiger partial charge in [0.2, 0.25) is 19.0 Å². The summed E-state index contributed by atoms with van der Waals surface area (Å²) in [6.07, 6.45) is 5.39. The number of ether oxygens (including phenoxy) is 4. The predicted octanol–water partition coefficient (Wildman–Crippen LogP) is 5.32. The van der Waals surface area contributed by atoms with Crippen molar-refractivity contribution in [1.82, 2.24) is 25.2 Å². The molecule has 0 amide bonds. The summed E-state index contributed by atoms with van der Waals surface area (Å²) >= 11 is 0. The Labute approximate surface area is 254 Å². The summed E-state index contributed by atoms with van der Waals surface area (Å²) in [4.78, 5) is 27.3. The molecule has 2 aromatic heterocycles. The highest BCUT2D eigenvalue weighted by Gasteiger charge is 2.34. The molecule has 0 saturated heterocycles. The monoisotopic (exact) mass is 601 g/mol. The third-order valence-corrected chi connectivity index (χ3v) is 7.71. The number of aromatic nitrogens is 5. The van der Waals surface area contributed by atoms with Crippen LogP contribution in [0.4, 0.5) is 16.2 Å². The Bertz CT molecular complexity index is 1580. The number of tetrazole rings is 1. The van der Waals surface area contributed by atoms with Crippen LogP contribution in [0.15, 0.2) is 54.7 Å². The Morgan fingerprint density at radius 1 is 1.05 bits per heavy atom. The minimum absolute atomic E-state index is 0.145. The van der Waals surface area contributed by atoms with Crippen molar-refractivity contribution in [2.24, 2.45) is 0 Å². The van der Waals surface area contributed by atoms with E-state index in [-0.39, 0.29) is 6.10 Å². The normalized spacial score (nSPS) is 16.3. The standard InChI is InChI=1S/C31H35N7O6/c1-3-41-30-32-25-11-7-10-24(29(39)42-19-43-31(40)44-23-8-5-4-6-9-23)27(25)38(30)18-21-12-14-22(15-13-21)37-17-20(2)16-26(37)28-33-35-36-34-28/h7,10-17,23,30,32H,3-6,8-9,18-19H2,1-2H3,(H,33,34,35,36). The zero-order valence-corrected chi connectivity index (χ0v) is 24.7. The van der Waals surface area contributed by atoms with Crippen molar-refractivity contribution in [3.63, 3.8) is 0 Å². The van der Waals surface area contributed by atoms with Gasteiger partial charge >= 0.3 is 12.1 Å². The van der Waals surface area contributed by atoms with E-state index >= 15 is 0 Å². The minimum atomic E-state index is -0.828. The highest BCUT2D eigenvalue weighted by atomic mass is 16.8. The topological polar surface area (TPSA) is 146 Å². The van der Waals surface area contributed by atoms with E-state index < -0.39 is 25.3 Å². The third kappa shape index (κ3) is 6.37. The molecular formula is C31H35N7O6. The van der Waals surface area contributed by atoms with E-state index in [4.69, 9.17) is 18.9 Å². The van der Waals surface area contributed by atoms with Gasteiger partial charge in [-0.2, -0.15) is 5.21 Å². The van der Waals surface area contributed by atoms with Crippen molar-refractivity contribution in [3.8, 4) is 17.2 Å². The maximum atomic E-state index is 13.2. The van der Waals surface area contributed by atoms with Crippen molar-refractivity contribution >= 4 is 23.5 Å². The molecule has 13 nitrogen and oxygen atoms in total. The van der Waals surface area contributed by atoms with Crippen LogP contribution in [0, 0.1) is 6.92 Å². The number of aryl methyl sites for hydroxylation is 1. The van der Waals surface area contributed by atoms with Gasteiger partial charge in [-0.25, -0.2) is 9.59 Å². The largest absolute Gasteiger partial charge is 0.511 e. The first-order valence-corrected chi connectivity index (χ1v) is 14.8. The van der Waals surface area contributed by atoms with E-state index in [1.165, 1.54) is 0 Å². The van der Waals surface area contributed by atoms with Gasteiger partial charge in [0.1, 0.15) is 6.10 Å².